The van der Waals surface area contributed by atoms with Gasteiger partial charge in [0.1, 0.15) is 5.82 Å². The number of hydrazone groups is 1. The number of hydrogen-bond donors (Lipinski definition) is 3. The van der Waals surface area contributed by atoms with Crippen molar-refractivity contribution in [1.29, 1.82) is 0 Å². The van der Waals surface area contributed by atoms with Gasteiger partial charge in [0.15, 0.2) is 18.1 Å². The van der Waals surface area contributed by atoms with E-state index in [0.717, 1.165) is 0 Å². The van der Waals surface area contributed by atoms with Gasteiger partial charge in [0.05, 0.1) is 30.1 Å². The molecule has 0 aromatic heterocycles. The topological polar surface area (TPSA) is 127 Å². The van der Waals surface area contributed by atoms with E-state index in [1.54, 1.807) is 6.07 Å². The Kier molecular flexibility index (Phi) is 11.6. The molecule has 10 nitrogen and oxygen atoms in total. The molecule has 2 rings (SSSR count). The van der Waals surface area contributed by atoms with E-state index in [-0.39, 0.29) is 34.9 Å². The Hall–Kier alpha value is -3.70. The maximum Gasteiger partial charge on any atom is 0.329 e. The Morgan fingerprint density at radius 1 is 1.17 bits per heavy atom. The third-order valence-corrected chi connectivity index (χ3v) is 4.67. The van der Waals surface area contributed by atoms with Crippen molar-refractivity contribution in [2.24, 2.45) is 5.10 Å². The summed E-state index contributed by atoms with van der Waals surface area (Å²) in [6.45, 7) is 4.11. The number of hydrogen-bond acceptors (Lipinski definition) is 7. The molecule has 2 aromatic rings. The molecule has 12 heteroatoms. The van der Waals surface area contributed by atoms with Gasteiger partial charge < -0.3 is 24.8 Å². The smallest absolute Gasteiger partial charge is 0.329 e. The third kappa shape index (κ3) is 9.51. The fourth-order valence-corrected chi connectivity index (χ4v) is 3.00. The molecule has 0 bridgehead atoms. The molecular formula is C24H28ClFN4O6. The fraction of sp³-hybridized carbons (Fsp3) is 0.333. The SMILES string of the molecule is COc1cc(/C=N\NC(=O)C(=O)NCCCOC(C)C)cc(Cl)c1OCC(=O)Nc1ccccc1F. The molecule has 0 saturated heterocycles. The van der Waals surface area contributed by atoms with E-state index in [4.69, 9.17) is 25.8 Å². The van der Waals surface area contributed by atoms with E-state index in [0.29, 0.717) is 18.6 Å². The van der Waals surface area contributed by atoms with Crippen LogP contribution in [0, 0.1) is 5.82 Å². The highest BCUT2D eigenvalue weighted by atomic mass is 35.5. The largest absolute Gasteiger partial charge is 0.493 e. The molecule has 0 heterocycles. The zero-order valence-electron chi connectivity index (χ0n) is 20.1. The van der Waals surface area contributed by atoms with Crippen molar-refractivity contribution in [3.05, 3.63) is 52.8 Å². The summed E-state index contributed by atoms with van der Waals surface area (Å²) in [5.74, 6) is -2.66. The van der Waals surface area contributed by atoms with Crippen LogP contribution in [0.3, 0.4) is 0 Å². The molecule has 2 aromatic carbocycles. The van der Waals surface area contributed by atoms with Gasteiger partial charge in [0.25, 0.3) is 5.91 Å². The van der Waals surface area contributed by atoms with Crippen molar-refractivity contribution in [1.82, 2.24) is 10.7 Å². The van der Waals surface area contributed by atoms with Gasteiger partial charge in [-0.3, -0.25) is 14.4 Å². The predicted octanol–water partition coefficient (Wildman–Crippen LogP) is 2.89. The van der Waals surface area contributed by atoms with E-state index < -0.39 is 30.1 Å². The molecule has 194 valence electrons. The molecule has 3 N–H and O–H groups in total. The molecule has 0 unspecified atom stereocenters. The molecule has 0 aliphatic heterocycles. The van der Waals surface area contributed by atoms with Crippen LogP contribution in [0.1, 0.15) is 25.8 Å². The van der Waals surface area contributed by atoms with Crippen LogP contribution in [0.25, 0.3) is 0 Å². The highest BCUT2D eigenvalue weighted by Crippen LogP contribution is 2.36. The number of para-hydroxylation sites is 1. The summed E-state index contributed by atoms with van der Waals surface area (Å²) in [5, 5.41) is 8.70. The average Bonchev–Trinajstić information content (AvgIpc) is 2.83. The molecule has 0 fully saturated rings. The van der Waals surface area contributed by atoms with E-state index in [9.17, 15) is 18.8 Å². The summed E-state index contributed by atoms with van der Waals surface area (Å²) in [6.07, 6.45) is 1.92. The number of nitrogens with zero attached hydrogens (tertiary/aromatic N) is 1. The number of methoxy groups -OCH3 is 1. The molecule has 0 aliphatic rings. The Labute approximate surface area is 213 Å². The first-order valence-electron chi connectivity index (χ1n) is 11.0. The van der Waals surface area contributed by atoms with Crippen LogP contribution in [0.15, 0.2) is 41.5 Å². The van der Waals surface area contributed by atoms with Gasteiger partial charge in [-0.05, 0) is 50.1 Å². The number of amides is 3. The lowest BCUT2D eigenvalue weighted by atomic mass is 10.2. The van der Waals surface area contributed by atoms with Crippen LogP contribution < -0.4 is 25.5 Å². The molecule has 3 amide bonds. The third-order valence-electron chi connectivity index (χ3n) is 4.39. The van der Waals surface area contributed by atoms with Crippen LogP contribution in [0.5, 0.6) is 11.5 Å². The van der Waals surface area contributed by atoms with Crippen LogP contribution in [-0.4, -0.2) is 56.9 Å². The minimum Gasteiger partial charge on any atom is -0.493 e. The quantitative estimate of drug-likeness (QED) is 0.170. The maximum atomic E-state index is 13.7. The Morgan fingerprint density at radius 2 is 1.92 bits per heavy atom. The van der Waals surface area contributed by atoms with Crippen molar-refractivity contribution >= 4 is 41.2 Å². The Bertz CT molecular complexity index is 1100. The number of ether oxygens (including phenoxy) is 3. The standard InChI is InChI=1S/C24H28ClFN4O6/c1-15(2)35-10-6-9-27-23(32)24(33)30-28-13-16-11-17(25)22(20(12-16)34-3)36-14-21(31)29-19-8-5-4-7-18(19)26/h4-5,7-8,11-13,15H,6,9-10,14H2,1-3H3,(H,27,32)(H,29,31)(H,30,33)/b28-13-. The number of nitrogens with one attached hydrogen (secondary N) is 3. The lowest BCUT2D eigenvalue weighted by Gasteiger charge is -2.13. The van der Waals surface area contributed by atoms with Gasteiger partial charge in [0.2, 0.25) is 0 Å². The van der Waals surface area contributed by atoms with Crippen molar-refractivity contribution < 1.29 is 33.0 Å². The van der Waals surface area contributed by atoms with Crippen molar-refractivity contribution in [3.63, 3.8) is 0 Å². The Morgan fingerprint density at radius 3 is 2.61 bits per heavy atom. The zero-order valence-corrected chi connectivity index (χ0v) is 20.9. The van der Waals surface area contributed by atoms with Crippen LogP contribution >= 0.6 is 11.6 Å². The van der Waals surface area contributed by atoms with Gasteiger partial charge in [-0.1, -0.05) is 23.7 Å². The van der Waals surface area contributed by atoms with Crippen LogP contribution in [0.2, 0.25) is 5.02 Å². The van der Waals surface area contributed by atoms with Crippen molar-refractivity contribution in [2.75, 3.05) is 32.2 Å². The molecule has 0 saturated carbocycles. The Balaban J connectivity index is 1.89. The van der Waals surface area contributed by atoms with Gasteiger partial charge in [-0.25, -0.2) is 9.82 Å². The molecule has 0 atom stereocenters. The van der Waals surface area contributed by atoms with Crippen LogP contribution in [0.4, 0.5) is 10.1 Å². The van der Waals surface area contributed by atoms with E-state index >= 15 is 0 Å². The zero-order chi connectivity index (χ0) is 26.5. The average molecular weight is 523 g/mol. The number of benzene rings is 2. The summed E-state index contributed by atoms with van der Waals surface area (Å²) in [5.41, 5.74) is 2.56. The number of carbonyl (C=O) groups excluding carboxylic acids is 3. The highest BCUT2D eigenvalue weighted by molar-refractivity contribution is 6.35. The number of rotatable bonds is 12. The number of halogens is 2. The second-order valence-corrected chi connectivity index (χ2v) is 7.99. The molecular weight excluding hydrogens is 495 g/mol. The second kappa shape index (κ2) is 14.6. The predicted molar refractivity (Wildman–Crippen MR) is 133 cm³/mol. The number of anilines is 1. The van der Waals surface area contributed by atoms with E-state index in [2.05, 4.69) is 21.2 Å². The van der Waals surface area contributed by atoms with Gasteiger partial charge in [-0.15, -0.1) is 0 Å². The second-order valence-electron chi connectivity index (χ2n) is 7.58. The van der Waals surface area contributed by atoms with Crippen LogP contribution in [-0.2, 0) is 19.1 Å². The van der Waals surface area contributed by atoms with E-state index in [1.807, 2.05) is 13.8 Å². The molecule has 0 radical (unpaired) electrons. The monoisotopic (exact) mass is 522 g/mol. The molecule has 0 spiro atoms. The summed E-state index contributed by atoms with van der Waals surface area (Å²) in [6, 6.07) is 8.68. The van der Waals surface area contributed by atoms with Gasteiger partial charge >= 0.3 is 11.8 Å². The maximum absolute atomic E-state index is 13.7. The highest BCUT2D eigenvalue weighted by Gasteiger charge is 2.15. The summed E-state index contributed by atoms with van der Waals surface area (Å²) >= 11 is 6.26. The minimum absolute atomic E-state index is 0.0200. The van der Waals surface area contributed by atoms with Gasteiger partial charge in [-0.2, -0.15) is 5.10 Å². The lowest BCUT2D eigenvalue weighted by molar-refractivity contribution is -0.139. The van der Waals surface area contributed by atoms with Crippen molar-refractivity contribution in [3.8, 4) is 11.5 Å². The first kappa shape index (κ1) is 28.5. The first-order valence-corrected chi connectivity index (χ1v) is 11.4. The van der Waals surface area contributed by atoms with Gasteiger partial charge in [0, 0.05) is 13.2 Å². The minimum atomic E-state index is -0.935. The van der Waals surface area contributed by atoms with E-state index in [1.165, 1.54) is 43.7 Å². The first-order chi connectivity index (χ1) is 17.2. The summed E-state index contributed by atoms with van der Waals surface area (Å²) < 4.78 is 29.8. The summed E-state index contributed by atoms with van der Waals surface area (Å²) in [4.78, 5) is 35.8. The molecule has 0 aliphatic carbocycles. The molecule has 36 heavy (non-hydrogen) atoms. The number of carbonyl (C=O) groups is 3. The van der Waals surface area contributed by atoms with Crippen molar-refractivity contribution in [2.45, 2.75) is 26.4 Å². The lowest BCUT2D eigenvalue weighted by Crippen LogP contribution is -2.38. The normalized spacial score (nSPS) is 10.8. The fourth-order valence-electron chi connectivity index (χ4n) is 2.73. The summed E-state index contributed by atoms with van der Waals surface area (Å²) in [7, 11) is 1.37.